The molecule has 2 heterocycles. The van der Waals surface area contributed by atoms with Crippen LogP contribution < -0.4 is 9.47 Å². The molecule has 0 saturated carbocycles. The van der Waals surface area contributed by atoms with Crippen LogP contribution in [0.5, 0.6) is 28.7 Å². The molecule has 4 heteroatoms. The van der Waals surface area contributed by atoms with Gasteiger partial charge in [-0.1, -0.05) is 12.1 Å². The maximum Gasteiger partial charge on any atom is 0.137 e. The lowest BCUT2D eigenvalue weighted by Gasteiger charge is -2.26. The molecule has 3 aromatic rings. The van der Waals surface area contributed by atoms with Gasteiger partial charge in [-0.25, -0.2) is 0 Å². The second kappa shape index (κ2) is 5.51. The lowest BCUT2D eigenvalue weighted by Crippen LogP contribution is -2.10. The van der Waals surface area contributed by atoms with E-state index in [0.717, 1.165) is 33.8 Å². The summed E-state index contributed by atoms with van der Waals surface area (Å²) >= 11 is 0. The SMILES string of the molecule is Cc1cc(O)cc(Oc2cc(C)c3c(c2)Oc2cccc4c2C3OC4)c1. The molecular weight excluding hydrogens is 328 g/mol. The van der Waals surface area contributed by atoms with Crippen molar-refractivity contribution in [3.05, 3.63) is 76.3 Å². The molecule has 1 N–H and O–H groups in total. The summed E-state index contributed by atoms with van der Waals surface area (Å²) in [4.78, 5) is 0. The number of benzene rings is 3. The van der Waals surface area contributed by atoms with Crippen molar-refractivity contribution in [3.8, 4) is 28.7 Å². The first-order chi connectivity index (χ1) is 12.6. The summed E-state index contributed by atoms with van der Waals surface area (Å²) in [5.74, 6) is 3.06. The van der Waals surface area contributed by atoms with Crippen LogP contribution in [-0.4, -0.2) is 5.11 Å². The molecular formula is C22H18O4. The Kier molecular flexibility index (Phi) is 3.24. The fraction of sp³-hybridized carbons (Fsp3) is 0.182. The Morgan fingerprint density at radius 3 is 2.65 bits per heavy atom. The van der Waals surface area contributed by atoms with Crippen molar-refractivity contribution in [1.82, 2.24) is 0 Å². The Morgan fingerprint density at radius 1 is 0.962 bits per heavy atom. The van der Waals surface area contributed by atoms with Crippen molar-refractivity contribution in [1.29, 1.82) is 0 Å². The summed E-state index contributed by atoms with van der Waals surface area (Å²) in [6, 6.07) is 15.1. The molecule has 0 saturated heterocycles. The highest BCUT2D eigenvalue weighted by atomic mass is 16.5. The summed E-state index contributed by atoms with van der Waals surface area (Å²) in [7, 11) is 0. The van der Waals surface area contributed by atoms with E-state index < -0.39 is 0 Å². The number of phenols is 1. The molecule has 1 unspecified atom stereocenters. The number of fused-ring (bicyclic) bond motifs is 2. The average Bonchev–Trinajstić information content (AvgIpc) is 2.99. The number of aromatic hydroxyl groups is 1. The second-order valence-electron chi connectivity index (χ2n) is 6.88. The van der Waals surface area contributed by atoms with E-state index in [1.54, 1.807) is 12.1 Å². The van der Waals surface area contributed by atoms with E-state index in [9.17, 15) is 5.11 Å². The third-order valence-electron chi connectivity index (χ3n) is 4.90. The van der Waals surface area contributed by atoms with E-state index in [1.807, 2.05) is 44.2 Å². The van der Waals surface area contributed by atoms with Crippen molar-refractivity contribution in [3.63, 3.8) is 0 Å². The van der Waals surface area contributed by atoms with E-state index in [1.165, 1.54) is 5.56 Å². The van der Waals surface area contributed by atoms with Gasteiger partial charge in [-0.05, 0) is 54.8 Å². The van der Waals surface area contributed by atoms with Gasteiger partial charge < -0.3 is 19.3 Å². The normalized spacial score (nSPS) is 16.6. The first-order valence-electron chi connectivity index (χ1n) is 8.63. The molecule has 26 heavy (non-hydrogen) atoms. The third-order valence-corrected chi connectivity index (χ3v) is 4.90. The highest BCUT2D eigenvalue weighted by Crippen LogP contribution is 2.52. The molecule has 3 aromatic carbocycles. The lowest BCUT2D eigenvalue weighted by atomic mass is 9.92. The van der Waals surface area contributed by atoms with Crippen molar-refractivity contribution in [2.24, 2.45) is 0 Å². The Bertz CT molecular complexity index is 1020. The fourth-order valence-electron chi connectivity index (χ4n) is 3.84. The zero-order valence-corrected chi connectivity index (χ0v) is 14.6. The van der Waals surface area contributed by atoms with Gasteiger partial charge in [-0.15, -0.1) is 0 Å². The zero-order valence-electron chi connectivity index (χ0n) is 14.6. The summed E-state index contributed by atoms with van der Waals surface area (Å²) in [6.45, 7) is 4.56. The van der Waals surface area contributed by atoms with Crippen LogP contribution in [0.25, 0.3) is 0 Å². The molecule has 0 fully saturated rings. The Labute approximate surface area is 151 Å². The van der Waals surface area contributed by atoms with E-state index >= 15 is 0 Å². The summed E-state index contributed by atoms with van der Waals surface area (Å²) in [6.07, 6.45) is -0.0815. The Morgan fingerprint density at radius 2 is 1.81 bits per heavy atom. The first kappa shape index (κ1) is 15.3. The van der Waals surface area contributed by atoms with Gasteiger partial charge in [0.1, 0.15) is 34.9 Å². The predicted octanol–water partition coefficient (Wildman–Crippen LogP) is 5.53. The van der Waals surface area contributed by atoms with E-state index in [4.69, 9.17) is 14.2 Å². The second-order valence-corrected chi connectivity index (χ2v) is 6.88. The average molecular weight is 346 g/mol. The molecule has 2 aliphatic rings. The molecule has 2 aliphatic heterocycles. The molecule has 0 amide bonds. The van der Waals surface area contributed by atoms with Crippen LogP contribution in [0.1, 0.15) is 33.9 Å². The van der Waals surface area contributed by atoms with Crippen LogP contribution in [0.4, 0.5) is 0 Å². The molecule has 4 nitrogen and oxygen atoms in total. The monoisotopic (exact) mass is 346 g/mol. The van der Waals surface area contributed by atoms with E-state index in [0.29, 0.717) is 18.1 Å². The fourth-order valence-corrected chi connectivity index (χ4v) is 3.84. The van der Waals surface area contributed by atoms with E-state index in [-0.39, 0.29) is 11.9 Å². The molecule has 0 bridgehead atoms. The van der Waals surface area contributed by atoms with Crippen LogP contribution in [0.2, 0.25) is 0 Å². The Hall–Kier alpha value is -2.98. The molecule has 0 spiro atoms. The first-order valence-corrected chi connectivity index (χ1v) is 8.63. The van der Waals surface area contributed by atoms with Crippen molar-refractivity contribution in [2.75, 3.05) is 0 Å². The number of ether oxygens (including phenoxy) is 3. The molecule has 0 radical (unpaired) electrons. The minimum atomic E-state index is -0.0815. The van der Waals surface area contributed by atoms with Gasteiger partial charge >= 0.3 is 0 Å². The highest BCUT2D eigenvalue weighted by Gasteiger charge is 2.36. The van der Waals surface area contributed by atoms with Gasteiger partial charge in [0.2, 0.25) is 0 Å². The topological polar surface area (TPSA) is 47.9 Å². The predicted molar refractivity (Wildman–Crippen MR) is 97.2 cm³/mol. The van der Waals surface area contributed by atoms with Gasteiger partial charge in [0.25, 0.3) is 0 Å². The minimum absolute atomic E-state index is 0.0815. The van der Waals surface area contributed by atoms with E-state index in [2.05, 4.69) is 6.07 Å². The standard InChI is InChI=1S/C22H18O4/c1-12-6-15(23)9-16(7-12)25-17-8-13(2)20-19(10-17)26-18-5-3-4-14-11-24-22(20)21(14)18/h3-10,22-23H,11H2,1-2H3. The summed E-state index contributed by atoms with van der Waals surface area (Å²) < 4.78 is 18.2. The van der Waals surface area contributed by atoms with Gasteiger partial charge in [-0.2, -0.15) is 0 Å². The van der Waals surface area contributed by atoms with Crippen LogP contribution >= 0.6 is 0 Å². The van der Waals surface area contributed by atoms with Crippen LogP contribution in [0.15, 0.2) is 48.5 Å². The highest BCUT2D eigenvalue weighted by molar-refractivity contribution is 5.60. The van der Waals surface area contributed by atoms with Crippen LogP contribution in [0, 0.1) is 13.8 Å². The van der Waals surface area contributed by atoms with Gasteiger partial charge in [0.05, 0.1) is 6.61 Å². The minimum Gasteiger partial charge on any atom is -0.508 e. The number of phenolic OH excluding ortho intramolecular Hbond substituents is 1. The van der Waals surface area contributed by atoms with Crippen LogP contribution in [0.3, 0.4) is 0 Å². The largest absolute Gasteiger partial charge is 0.508 e. The van der Waals surface area contributed by atoms with Gasteiger partial charge in [0, 0.05) is 23.3 Å². The van der Waals surface area contributed by atoms with Crippen molar-refractivity contribution >= 4 is 0 Å². The number of aryl methyl sites for hydroxylation is 2. The summed E-state index contributed by atoms with van der Waals surface area (Å²) in [5.41, 5.74) is 5.38. The Balaban J connectivity index is 1.56. The number of rotatable bonds is 2. The molecule has 1 atom stereocenters. The number of hydrogen-bond donors (Lipinski definition) is 1. The quantitative estimate of drug-likeness (QED) is 0.663. The number of hydrogen-bond acceptors (Lipinski definition) is 4. The third kappa shape index (κ3) is 2.34. The van der Waals surface area contributed by atoms with Gasteiger partial charge in [-0.3, -0.25) is 0 Å². The summed E-state index contributed by atoms with van der Waals surface area (Å²) in [5, 5.41) is 9.78. The zero-order chi connectivity index (χ0) is 17.8. The molecule has 5 rings (SSSR count). The lowest BCUT2D eigenvalue weighted by molar-refractivity contribution is 0.0878. The maximum atomic E-state index is 9.78. The smallest absolute Gasteiger partial charge is 0.137 e. The molecule has 130 valence electrons. The molecule has 0 aliphatic carbocycles. The van der Waals surface area contributed by atoms with Gasteiger partial charge in [0.15, 0.2) is 0 Å². The molecule has 0 aromatic heterocycles. The van der Waals surface area contributed by atoms with Crippen molar-refractivity contribution < 1.29 is 19.3 Å². The maximum absolute atomic E-state index is 9.78. The van der Waals surface area contributed by atoms with Crippen molar-refractivity contribution in [2.45, 2.75) is 26.6 Å². The van der Waals surface area contributed by atoms with Crippen LogP contribution in [-0.2, 0) is 11.3 Å².